The zero-order chi connectivity index (χ0) is 30.9. The highest BCUT2D eigenvalue weighted by Crippen LogP contribution is 2.44. The molecular weight excluding hydrogens is 573 g/mol. The van der Waals surface area contributed by atoms with Gasteiger partial charge in [0.05, 0.1) is 0 Å². The summed E-state index contributed by atoms with van der Waals surface area (Å²) in [5.74, 6) is -0.0249. The van der Waals surface area contributed by atoms with Crippen LogP contribution in [-0.4, -0.2) is 68.8 Å². The molecule has 0 saturated carbocycles. The smallest absolute Gasteiger partial charge is 0.412 e. The maximum absolute atomic E-state index is 14.0. The number of amides is 2. The highest BCUT2D eigenvalue weighted by Gasteiger charge is 2.31. The second kappa shape index (κ2) is 12.0. The predicted octanol–water partition coefficient (Wildman–Crippen LogP) is 6.07. The molecule has 1 heterocycles. The maximum Gasteiger partial charge on any atom is 0.412 e. The summed E-state index contributed by atoms with van der Waals surface area (Å²) in [5.41, 5.74) is 5.15. The van der Waals surface area contributed by atoms with Gasteiger partial charge in [0.2, 0.25) is 0 Å². The molecule has 3 aromatic rings. The van der Waals surface area contributed by atoms with Crippen molar-refractivity contribution in [3.63, 3.8) is 0 Å². The van der Waals surface area contributed by atoms with Crippen LogP contribution in [0.25, 0.3) is 11.1 Å². The molecule has 228 valence electrons. The van der Waals surface area contributed by atoms with E-state index in [2.05, 4.69) is 29.6 Å². The Hall–Kier alpha value is -3.96. The molecule has 43 heavy (non-hydrogen) atoms. The Kier molecular flexibility index (Phi) is 8.49. The number of fused-ring (bicyclic) bond motifs is 3. The quantitative estimate of drug-likeness (QED) is 0.339. The lowest BCUT2D eigenvalue weighted by Gasteiger charge is -2.34. The zero-order valence-corrected chi connectivity index (χ0v) is 25.5. The molecule has 0 radical (unpaired) electrons. The third-order valence-corrected chi connectivity index (χ3v) is 8.57. The van der Waals surface area contributed by atoms with Gasteiger partial charge in [-0.2, -0.15) is 8.42 Å². The molecule has 0 aromatic heterocycles. The van der Waals surface area contributed by atoms with Crippen molar-refractivity contribution in [2.24, 2.45) is 0 Å². The number of nitrogens with zero attached hydrogens (tertiary/aromatic N) is 2. The number of hydrogen-bond donors (Lipinski definition) is 1. The third-order valence-electron chi connectivity index (χ3n) is 7.77. The minimum atomic E-state index is -5.03. The minimum Gasteiger partial charge on any atom is -0.448 e. The first-order valence-corrected chi connectivity index (χ1v) is 15.6. The van der Waals surface area contributed by atoms with Gasteiger partial charge >= 0.3 is 22.4 Å². The fourth-order valence-corrected chi connectivity index (χ4v) is 6.15. The Balaban J connectivity index is 1.21. The van der Waals surface area contributed by atoms with E-state index >= 15 is 0 Å². The number of nitrogens with one attached hydrogen (secondary N) is 1. The number of piperazine rings is 1. The van der Waals surface area contributed by atoms with Crippen molar-refractivity contribution in [1.82, 2.24) is 9.80 Å². The molecule has 1 fully saturated rings. The van der Waals surface area contributed by atoms with Crippen LogP contribution in [0.1, 0.15) is 48.9 Å². The molecule has 2 amide bonds. The van der Waals surface area contributed by atoms with Gasteiger partial charge in [0.15, 0.2) is 0 Å². The molecule has 0 bridgehead atoms. The van der Waals surface area contributed by atoms with E-state index in [0.29, 0.717) is 43.9 Å². The van der Waals surface area contributed by atoms with Gasteiger partial charge in [-0.1, -0.05) is 48.5 Å². The van der Waals surface area contributed by atoms with Crippen molar-refractivity contribution in [2.45, 2.75) is 50.7 Å². The summed E-state index contributed by atoms with van der Waals surface area (Å²) >= 11 is 0. The summed E-state index contributed by atoms with van der Waals surface area (Å²) in [4.78, 5) is 28.5. The van der Waals surface area contributed by atoms with Crippen molar-refractivity contribution in [3.05, 3.63) is 82.9 Å². The molecular formula is C32H36FN3O6S. The molecule has 9 nitrogen and oxygen atoms in total. The molecule has 3 aromatic carbocycles. The van der Waals surface area contributed by atoms with Crippen molar-refractivity contribution >= 4 is 28.1 Å². The number of benzene rings is 3. The number of carbonyl (C=O) groups is 2. The summed E-state index contributed by atoms with van der Waals surface area (Å²) in [6.45, 7) is 9.22. The molecule has 1 N–H and O–H groups in total. The molecule has 2 aliphatic rings. The van der Waals surface area contributed by atoms with E-state index in [-0.39, 0.29) is 24.3 Å². The first-order chi connectivity index (χ1) is 20.3. The van der Waals surface area contributed by atoms with E-state index in [1.165, 1.54) is 6.07 Å². The van der Waals surface area contributed by atoms with Crippen LogP contribution < -0.4 is 5.32 Å². The fourth-order valence-electron chi connectivity index (χ4n) is 5.61. The number of ether oxygens (including phenoxy) is 2. The van der Waals surface area contributed by atoms with Crippen LogP contribution in [0.4, 0.5) is 19.2 Å². The van der Waals surface area contributed by atoms with E-state index in [9.17, 15) is 21.9 Å². The summed E-state index contributed by atoms with van der Waals surface area (Å²) in [6.07, 6.45) is -1.15. The van der Waals surface area contributed by atoms with Crippen LogP contribution in [-0.2, 0) is 26.2 Å². The van der Waals surface area contributed by atoms with Crippen LogP contribution >= 0.6 is 0 Å². The zero-order valence-electron chi connectivity index (χ0n) is 24.7. The van der Waals surface area contributed by atoms with E-state index in [1.54, 1.807) is 32.6 Å². The lowest BCUT2D eigenvalue weighted by molar-refractivity contribution is 0.0635. The van der Waals surface area contributed by atoms with Gasteiger partial charge in [0.1, 0.15) is 17.1 Å². The monoisotopic (exact) mass is 609 g/mol. The van der Waals surface area contributed by atoms with Crippen LogP contribution in [0.5, 0.6) is 0 Å². The van der Waals surface area contributed by atoms with Crippen LogP contribution in [0.2, 0.25) is 0 Å². The summed E-state index contributed by atoms with van der Waals surface area (Å²) in [6, 6.07) is 18.7. The van der Waals surface area contributed by atoms with Gasteiger partial charge in [0.25, 0.3) is 0 Å². The van der Waals surface area contributed by atoms with Gasteiger partial charge in [-0.3, -0.25) is 10.2 Å². The largest absolute Gasteiger partial charge is 0.448 e. The van der Waals surface area contributed by atoms with Gasteiger partial charge in [-0.05, 0) is 73.2 Å². The SMILES string of the molecule is Cc1c(CN2CCN(C(=O)OCC3c4ccccc4-c4ccccc43)CC2)cc(S(=O)(=O)F)cc1NC(=O)OC(C)(C)C. The molecule has 0 atom stereocenters. The Morgan fingerprint density at radius 3 is 2.09 bits per heavy atom. The van der Waals surface area contributed by atoms with Crippen molar-refractivity contribution in [2.75, 3.05) is 38.1 Å². The van der Waals surface area contributed by atoms with Crippen molar-refractivity contribution < 1.29 is 31.4 Å². The maximum atomic E-state index is 14.0. The van der Waals surface area contributed by atoms with E-state index in [4.69, 9.17) is 9.47 Å². The van der Waals surface area contributed by atoms with Crippen LogP contribution in [0.15, 0.2) is 65.6 Å². The van der Waals surface area contributed by atoms with Gasteiger partial charge in [-0.25, -0.2) is 9.59 Å². The highest BCUT2D eigenvalue weighted by molar-refractivity contribution is 7.86. The Morgan fingerprint density at radius 1 is 0.953 bits per heavy atom. The summed E-state index contributed by atoms with van der Waals surface area (Å²) in [7, 11) is -5.03. The molecule has 1 saturated heterocycles. The normalized spacial score (nSPS) is 15.5. The molecule has 11 heteroatoms. The Labute approximate surface area is 251 Å². The fraction of sp³-hybridized carbons (Fsp3) is 0.375. The molecule has 1 aliphatic carbocycles. The number of anilines is 1. The molecule has 0 unspecified atom stereocenters. The lowest BCUT2D eigenvalue weighted by atomic mass is 9.98. The van der Waals surface area contributed by atoms with E-state index in [1.807, 2.05) is 29.2 Å². The second-order valence-corrected chi connectivity index (χ2v) is 13.2. The van der Waals surface area contributed by atoms with E-state index < -0.39 is 26.8 Å². The summed E-state index contributed by atoms with van der Waals surface area (Å²) < 4.78 is 48.7. The molecule has 5 rings (SSSR count). The van der Waals surface area contributed by atoms with Crippen LogP contribution in [0, 0.1) is 6.92 Å². The van der Waals surface area contributed by atoms with Gasteiger partial charge < -0.3 is 14.4 Å². The predicted molar refractivity (Wildman–Crippen MR) is 161 cm³/mol. The van der Waals surface area contributed by atoms with Gasteiger partial charge in [0, 0.05) is 44.3 Å². The second-order valence-electron chi connectivity index (χ2n) is 11.9. The number of halogens is 1. The Bertz CT molecular complexity index is 1600. The Morgan fingerprint density at radius 2 is 1.53 bits per heavy atom. The number of hydrogen-bond acceptors (Lipinski definition) is 7. The van der Waals surface area contributed by atoms with Gasteiger partial charge in [-0.15, -0.1) is 3.89 Å². The highest BCUT2D eigenvalue weighted by atomic mass is 32.3. The van der Waals surface area contributed by atoms with Crippen LogP contribution in [0.3, 0.4) is 0 Å². The number of carbonyl (C=O) groups excluding carboxylic acids is 2. The lowest BCUT2D eigenvalue weighted by Crippen LogP contribution is -2.48. The third kappa shape index (κ3) is 7.00. The topological polar surface area (TPSA) is 105 Å². The minimum absolute atomic E-state index is 0.0249. The van der Waals surface area contributed by atoms with Crippen molar-refractivity contribution in [3.8, 4) is 11.1 Å². The standard InChI is InChI=1S/C32H36FN3O6S/c1-21-22(17-23(43(33,39)40)18-29(21)34-30(37)42-32(2,3)4)19-35-13-15-36(16-14-35)31(38)41-20-28-26-11-7-5-9-24(26)25-10-6-8-12-27(25)28/h5-12,17-18,28H,13-16,19-20H2,1-4H3,(H,34,37). The number of rotatable bonds is 6. The average molecular weight is 610 g/mol. The molecule has 0 spiro atoms. The molecule has 1 aliphatic heterocycles. The van der Waals surface area contributed by atoms with E-state index in [0.717, 1.165) is 28.3 Å². The van der Waals surface area contributed by atoms with Crippen molar-refractivity contribution in [1.29, 1.82) is 0 Å². The average Bonchev–Trinajstić information content (AvgIpc) is 3.26. The first-order valence-electron chi connectivity index (χ1n) is 14.2. The first kappa shape index (κ1) is 30.5. The summed E-state index contributed by atoms with van der Waals surface area (Å²) in [5, 5.41) is 2.55.